The molecule has 0 aliphatic rings. The van der Waals surface area contributed by atoms with E-state index in [-0.39, 0.29) is 0 Å². The van der Waals surface area contributed by atoms with Crippen LogP contribution in [0.15, 0.2) is 18.2 Å². The van der Waals surface area contributed by atoms with Gasteiger partial charge in [-0.15, -0.1) is 0 Å². The lowest BCUT2D eigenvalue weighted by Gasteiger charge is -2.23. The van der Waals surface area contributed by atoms with Crippen molar-refractivity contribution in [1.82, 2.24) is 0 Å². The van der Waals surface area contributed by atoms with Gasteiger partial charge >= 0.3 is 0 Å². The van der Waals surface area contributed by atoms with Gasteiger partial charge in [-0.05, 0) is 36.6 Å². The minimum absolute atomic E-state index is 0.471. The fourth-order valence-electron chi connectivity index (χ4n) is 1.86. The average Bonchev–Trinajstić information content (AvgIpc) is 2.28. The van der Waals surface area contributed by atoms with E-state index >= 15 is 0 Å². The molecular formula is C14H22N2S. The summed E-state index contributed by atoms with van der Waals surface area (Å²) in [7, 11) is 2.13. The molecule has 1 unspecified atom stereocenters. The van der Waals surface area contributed by atoms with Crippen molar-refractivity contribution in [2.45, 2.75) is 27.2 Å². The number of nitrogens with zero attached hydrogens (tertiary/aromatic N) is 1. The average molecular weight is 250 g/mol. The van der Waals surface area contributed by atoms with Crippen LogP contribution in [-0.4, -0.2) is 18.6 Å². The monoisotopic (exact) mass is 250 g/mol. The minimum Gasteiger partial charge on any atom is -0.389 e. The van der Waals surface area contributed by atoms with Crippen molar-refractivity contribution in [3.63, 3.8) is 0 Å². The van der Waals surface area contributed by atoms with Crippen LogP contribution < -0.4 is 10.6 Å². The lowest BCUT2D eigenvalue weighted by Crippen LogP contribution is -2.24. The van der Waals surface area contributed by atoms with Gasteiger partial charge in [-0.3, -0.25) is 0 Å². The lowest BCUT2D eigenvalue weighted by molar-refractivity contribution is 0.560. The molecule has 0 aromatic heterocycles. The molecule has 0 heterocycles. The van der Waals surface area contributed by atoms with Crippen LogP contribution in [0.25, 0.3) is 0 Å². The van der Waals surface area contributed by atoms with Gasteiger partial charge in [-0.25, -0.2) is 0 Å². The predicted molar refractivity (Wildman–Crippen MR) is 79.8 cm³/mol. The standard InChI is InChI=1S/C14H22N2S/c1-5-10(2)9-16(4)12-6-7-13(14(15)17)11(3)8-12/h6-8,10H,5,9H2,1-4H3,(H2,15,17). The Balaban J connectivity index is 2.86. The molecule has 2 N–H and O–H groups in total. The number of nitrogens with two attached hydrogens (primary N) is 1. The first kappa shape index (κ1) is 14.0. The van der Waals surface area contributed by atoms with E-state index in [2.05, 4.69) is 44.9 Å². The van der Waals surface area contributed by atoms with E-state index in [9.17, 15) is 0 Å². The molecule has 0 fully saturated rings. The molecule has 94 valence electrons. The van der Waals surface area contributed by atoms with Crippen molar-refractivity contribution < 1.29 is 0 Å². The SMILES string of the molecule is CCC(C)CN(C)c1ccc(C(N)=S)c(C)c1. The normalized spacial score (nSPS) is 12.2. The van der Waals surface area contributed by atoms with Gasteiger partial charge in [-0.2, -0.15) is 0 Å². The Morgan fingerprint density at radius 1 is 1.47 bits per heavy atom. The second-order valence-electron chi connectivity index (χ2n) is 4.76. The van der Waals surface area contributed by atoms with Gasteiger partial charge < -0.3 is 10.6 Å². The van der Waals surface area contributed by atoms with Gasteiger partial charge in [0.2, 0.25) is 0 Å². The zero-order valence-corrected chi connectivity index (χ0v) is 12.0. The van der Waals surface area contributed by atoms with Gasteiger partial charge in [0, 0.05) is 24.8 Å². The fourth-order valence-corrected chi connectivity index (χ4v) is 2.09. The number of rotatable bonds is 5. The van der Waals surface area contributed by atoms with Crippen molar-refractivity contribution in [2.75, 3.05) is 18.5 Å². The molecule has 1 rings (SSSR count). The second-order valence-corrected chi connectivity index (χ2v) is 5.20. The van der Waals surface area contributed by atoms with Crippen molar-refractivity contribution in [1.29, 1.82) is 0 Å². The molecule has 1 aromatic rings. The summed E-state index contributed by atoms with van der Waals surface area (Å²) in [6.45, 7) is 7.61. The summed E-state index contributed by atoms with van der Waals surface area (Å²) < 4.78 is 0. The van der Waals surface area contributed by atoms with Gasteiger partial charge in [0.1, 0.15) is 4.99 Å². The van der Waals surface area contributed by atoms with E-state index in [0.29, 0.717) is 10.9 Å². The van der Waals surface area contributed by atoms with Crippen LogP contribution in [0.3, 0.4) is 0 Å². The summed E-state index contributed by atoms with van der Waals surface area (Å²) >= 11 is 5.01. The minimum atomic E-state index is 0.471. The number of hydrogen-bond donors (Lipinski definition) is 1. The first-order chi connectivity index (χ1) is 7.95. The largest absolute Gasteiger partial charge is 0.389 e. The summed E-state index contributed by atoms with van der Waals surface area (Å²) in [6, 6.07) is 6.25. The summed E-state index contributed by atoms with van der Waals surface area (Å²) in [4.78, 5) is 2.75. The number of benzene rings is 1. The molecule has 0 saturated heterocycles. The maximum Gasteiger partial charge on any atom is 0.104 e. The molecule has 0 spiro atoms. The Hall–Kier alpha value is -1.09. The number of anilines is 1. The summed E-state index contributed by atoms with van der Waals surface area (Å²) in [6.07, 6.45) is 1.20. The molecule has 0 radical (unpaired) electrons. The van der Waals surface area contributed by atoms with Crippen molar-refractivity contribution in [3.05, 3.63) is 29.3 Å². The molecule has 0 aliphatic heterocycles. The Labute approximate surface area is 110 Å². The molecule has 3 heteroatoms. The maximum absolute atomic E-state index is 5.66. The second kappa shape index (κ2) is 6.01. The van der Waals surface area contributed by atoms with Crippen LogP contribution >= 0.6 is 12.2 Å². The quantitative estimate of drug-likeness (QED) is 0.814. The highest BCUT2D eigenvalue weighted by molar-refractivity contribution is 7.80. The number of thiocarbonyl (C=S) groups is 1. The Kier molecular flexibility index (Phi) is 4.94. The highest BCUT2D eigenvalue weighted by atomic mass is 32.1. The molecule has 0 amide bonds. The zero-order valence-electron chi connectivity index (χ0n) is 11.2. The Bertz CT molecular complexity index is 401. The topological polar surface area (TPSA) is 29.3 Å². The molecule has 1 aromatic carbocycles. The maximum atomic E-state index is 5.66. The van der Waals surface area contributed by atoms with Crippen molar-refractivity contribution >= 4 is 22.9 Å². The van der Waals surface area contributed by atoms with Crippen LogP contribution in [0, 0.1) is 12.8 Å². The summed E-state index contributed by atoms with van der Waals surface area (Å²) in [5.74, 6) is 0.704. The Morgan fingerprint density at radius 3 is 2.59 bits per heavy atom. The lowest BCUT2D eigenvalue weighted by atomic mass is 10.1. The van der Waals surface area contributed by atoms with E-state index in [1.54, 1.807) is 0 Å². The van der Waals surface area contributed by atoms with Gasteiger partial charge in [0.25, 0.3) is 0 Å². The molecule has 17 heavy (non-hydrogen) atoms. The first-order valence-corrected chi connectivity index (χ1v) is 6.48. The van der Waals surface area contributed by atoms with Crippen molar-refractivity contribution in [3.8, 4) is 0 Å². The fraction of sp³-hybridized carbons (Fsp3) is 0.500. The third-order valence-corrected chi connectivity index (χ3v) is 3.42. The zero-order chi connectivity index (χ0) is 13.0. The van der Waals surface area contributed by atoms with Crippen LogP contribution in [0.4, 0.5) is 5.69 Å². The third-order valence-electron chi connectivity index (χ3n) is 3.20. The van der Waals surface area contributed by atoms with E-state index in [1.165, 1.54) is 12.1 Å². The molecule has 0 bridgehead atoms. The predicted octanol–water partition coefficient (Wildman–Crippen LogP) is 3.11. The highest BCUT2D eigenvalue weighted by Crippen LogP contribution is 2.19. The van der Waals surface area contributed by atoms with E-state index in [0.717, 1.165) is 17.7 Å². The van der Waals surface area contributed by atoms with Crippen LogP contribution in [0.1, 0.15) is 31.4 Å². The van der Waals surface area contributed by atoms with Gasteiger partial charge in [0.15, 0.2) is 0 Å². The Morgan fingerprint density at radius 2 is 2.12 bits per heavy atom. The van der Waals surface area contributed by atoms with Crippen LogP contribution in [-0.2, 0) is 0 Å². The first-order valence-electron chi connectivity index (χ1n) is 6.07. The molecular weight excluding hydrogens is 228 g/mol. The third kappa shape index (κ3) is 3.70. The van der Waals surface area contributed by atoms with E-state index < -0.39 is 0 Å². The molecule has 1 atom stereocenters. The van der Waals surface area contributed by atoms with Crippen LogP contribution in [0.5, 0.6) is 0 Å². The smallest absolute Gasteiger partial charge is 0.104 e. The van der Waals surface area contributed by atoms with E-state index in [4.69, 9.17) is 18.0 Å². The van der Waals surface area contributed by atoms with Gasteiger partial charge in [-0.1, -0.05) is 32.5 Å². The molecule has 0 aliphatic carbocycles. The van der Waals surface area contributed by atoms with E-state index in [1.807, 2.05) is 6.07 Å². The number of aryl methyl sites for hydroxylation is 1. The summed E-state index contributed by atoms with van der Waals surface area (Å²) in [5, 5.41) is 0. The van der Waals surface area contributed by atoms with Crippen LogP contribution in [0.2, 0.25) is 0 Å². The number of hydrogen-bond acceptors (Lipinski definition) is 2. The van der Waals surface area contributed by atoms with Gasteiger partial charge in [0.05, 0.1) is 0 Å². The molecule has 2 nitrogen and oxygen atoms in total. The summed E-state index contributed by atoms with van der Waals surface area (Å²) in [5.41, 5.74) is 9.00. The molecule has 0 saturated carbocycles. The highest BCUT2D eigenvalue weighted by Gasteiger charge is 2.08. The van der Waals surface area contributed by atoms with Crippen molar-refractivity contribution in [2.24, 2.45) is 11.7 Å².